The third-order valence-electron chi connectivity index (χ3n) is 1.44. The van der Waals surface area contributed by atoms with Gasteiger partial charge in [-0.15, -0.1) is 0 Å². The maximum Gasteiger partial charge on any atom is 0.281 e. The van der Waals surface area contributed by atoms with Gasteiger partial charge in [-0.05, 0) is 22.0 Å². The van der Waals surface area contributed by atoms with Gasteiger partial charge < -0.3 is 0 Å². The lowest BCUT2D eigenvalue weighted by Crippen LogP contribution is -2.14. The van der Waals surface area contributed by atoms with Gasteiger partial charge in [0.05, 0.1) is 0 Å². The van der Waals surface area contributed by atoms with Gasteiger partial charge in [0.1, 0.15) is 15.7 Å². The summed E-state index contributed by atoms with van der Waals surface area (Å²) in [6.07, 6.45) is -2.86. The van der Waals surface area contributed by atoms with Crippen LogP contribution in [0, 0.1) is 0 Å². The van der Waals surface area contributed by atoms with Gasteiger partial charge in [0, 0.05) is 4.47 Å². The van der Waals surface area contributed by atoms with Crippen LogP contribution in [0.15, 0.2) is 15.4 Å². The molecule has 4 nitrogen and oxygen atoms in total. The van der Waals surface area contributed by atoms with E-state index < -0.39 is 32.2 Å². The molecule has 1 aromatic rings. The van der Waals surface area contributed by atoms with Crippen molar-refractivity contribution in [2.75, 3.05) is 0 Å². The van der Waals surface area contributed by atoms with Crippen molar-refractivity contribution < 1.29 is 17.2 Å². The molecule has 0 radical (unpaired) electrons. The zero-order chi connectivity index (χ0) is 11.8. The van der Waals surface area contributed by atoms with Crippen molar-refractivity contribution in [3.63, 3.8) is 0 Å². The molecule has 0 spiro atoms. The molecule has 0 aliphatic heterocycles. The quantitative estimate of drug-likeness (QED) is 0.848. The molecular weight excluding hydrogens is 317 g/mol. The molecule has 2 N–H and O–H groups in total. The normalized spacial score (nSPS) is 12.1. The number of aromatic nitrogens is 1. The first kappa shape index (κ1) is 12.8. The van der Waals surface area contributed by atoms with Gasteiger partial charge in [0.2, 0.25) is 10.0 Å². The Morgan fingerprint density at radius 2 is 2.07 bits per heavy atom. The fourth-order valence-electron chi connectivity index (χ4n) is 0.815. The van der Waals surface area contributed by atoms with E-state index in [0.717, 1.165) is 6.07 Å². The second-order valence-electron chi connectivity index (χ2n) is 2.49. The molecule has 0 bridgehead atoms. The molecule has 15 heavy (non-hydrogen) atoms. The number of rotatable bonds is 2. The third kappa shape index (κ3) is 2.83. The van der Waals surface area contributed by atoms with Crippen molar-refractivity contribution in [1.29, 1.82) is 0 Å². The average Bonchev–Trinajstić information content (AvgIpc) is 2.06. The molecule has 0 aliphatic carbocycles. The van der Waals surface area contributed by atoms with Crippen LogP contribution in [0.2, 0.25) is 5.15 Å². The average molecular weight is 322 g/mol. The maximum absolute atomic E-state index is 12.3. The Bertz CT molecular complexity index is 494. The van der Waals surface area contributed by atoms with Crippen molar-refractivity contribution in [2.45, 2.75) is 11.3 Å². The Morgan fingerprint density at radius 3 is 2.47 bits per heavy atom. The number of halogens is 4. The van der Waals surface area contributed by atoms with Gasteiger partial charge in [0.25, 0.3) is 6.43 Å². The molecule has 1 aromatic heterocycles. The van der Waals surface area contributed by atoms with Crippen molar-refractivity contribution in [2.24, 2.45) is 5.14 Å². The number of pyridine rings is 1. The predicted molar refractivity (Wildman–Crippen MR) is 53.3 cm³/mol. The number of primary sulfonamides is 1. The molecule has 0 amide bonds. The van der Waals surface area contributed by atoms with Gasteiger partial charge in [-0.3, -0.25) is 0 Å². The van der Waals surface area contributed by atoms with Gasteiger partial charge >= 0.3 is 0 Å². The number of nitrogens with two attached hydrogens (primary N) is 1. The van der Waals surface area contributed by atoms with Gasteiger partial charge in [-0.1, -0.05) is 11.6 Å². The Balaban J connectivity index is 3.46. The monoisotopic (exact) mass is 320 g/mol. The van der Waals surface area contributed by atoms with Crippen LogP contribution in [0.25, 0.3) is 0 Å². The molecule has 0 aliphatic rings. The standard InChI is InChI=1S/C6H4BrClF2N2O2S/c7-2-1-3(15(11,13)14)5(8)12-4(2)6(9)10/h1,6H,(H2,11,13,14). The van der Waals surface area contributed by atoms with Crippen LogP contribution >= 0.6 is 27.5 Å². The molecule has 0 fully saturated rings. The second-order valence-corrected chi connectivity index (χ2v) is 5.23. The molecule has 0 aromatic carbocycles. The summed E-state index contributed by atoms with van der Waals surface area (Å²) in [5.74, 6) is 0. The minimum absolute atomic E-state index is 0.161. The van der Waals surface area contributed by atoms with E-state index in [2.05, 4.69) is 20.9 Å². The molecule has 0 saturated heterocycles. The Hall–Kier alpha value is -0.310. The number of nitrogens with zero attached hydrogens (tertiary/aromatic N) is 1. The lowest BCUT2D eigenvalue weighted by molar-refractivity contribution is 0.145. The second kappa shape index (κ2) is 4.28. The van der Waals surface area contributed by atoms with E-state index in [4.69, 9.17) is 16.7 Å². The summed E-state index contributed by atoms with van der Waals surface area (Å²) < 4.78 is 46.3. The van der Waals surface area contributed by atoms with E-state index >= 15 is 0 Å². The van der Waals surface area contributed by atoms with Gasteiger partial charge in [0.15, 0.2) is 0 Å². The van der Waals surface area contributed by atoms with E-state index in [9.17, 15) is 17.2 Å². The molecule has 84 valence electrons. The van der Waals surface area contributed by atoms with Crippen LogP contribution in [0.5, 0.6) is 0 Å². The summed E-state index contributed by atoms with van der Waals surface area (Å²) in [6, 6.07) is 0.895. The predicted octanol–water partition coefficient (Wildman–Crippen LogP) is 2.08. The summed E-state index contributed by atoms with van der Waals surface area (Å²) in [5.41, 5.74) is -0.632. The highest BCUT2D eigenvalue weighted by Gasteiger charge is 2.21. The Morgan fingerprint density at radius 1 is 1.53 bits per heavy atom. The van der Waals surface area contributed by atoms with Crippen molar-refractivity contribution >= 4 is 37.6 Å². The molecule has 1 rings (SSSR count). The largest absolute Gasteiger partial charge is 0.281 e. The number of sulfonamides is 1. The van der Waals surface area contributed by atoms with E-state index in [1.54, 1.807) is 0 Å². The van der Waals surface area contributed by atoms with E-state index in [1.165, 1.54) is 0 Å². The van der Waals surface area contributed by atoms with Crippen molar-refractivity contribution in [1.82, 2.24) is 4.98 Å². The van der Waals surface area contributed by atoms with E-state index in [0.29, 0.717) is 0 Å². The molecule has 1 heterocycles. The first-order chi connectivity index (χ1) is 6.73. The number of hydrogen-bond donors (Lipinski definition) is 1. The SMILES string of the molecule is NS(=O)(=O)c1cc(Br)c(C(F)F)nc1Cl. The minimum Gasteiger partial charge on any atom is -0.232 e. The van der Waals surface area contributed by atoms with E-state index in [-0.39, 0.29) is 4.47 Å². The summed E-state index contributed by atoms with van der Waals surface area (Å²) in [6.45, 7) is 0. The first-order valence-corrected chi connectivity index (χ1v) is 6.12. The maximum atomic E-state index is 12.3. The lowest BCUT2D eigenvalue weighted by Gasteiger charge is -2.06. The van der Waals surface area contributed by atoms with Gasteiger partial charge in [-0.25, -0.2) is 27.3 Å². The summed E-state index contributed by atoms with van der Waals surface area (Å²) in [5, 5.41) is 4.22. The fraction of sp³-hybridized carbons (Fsp3) is 0.167. The van der Waals surface area contributed by atoms with Crippen LogP contribution in [-0.2, 0) is 10.0 Å². The zero-order valence-corrected chi connectivity index (χ0v) is 10.1. The molecule has 0 unspecified atom stereocenters. The number of hydrogen-bond acceptors (Lipinski definition) is 3. The summed E-state index contributed by atoms with van der Waals surface area (Å²) >= 11 is 8.16. The Labute approximate surface area is 97.6 Å². The minimum atomic E-state index is -4.07. The van der Waals surface area contributed by atoms with Gasteiger partial charge in [-0.2, -0.15) is 0 Å². The van der Waals surface area contributed by atoms with Crippen LogP contribution in [-0.4, -0.2) is 13.4 Å². The van der Waals surface area contributed by atoms with Crippen molar-refractivity contribution in [3.05, 3.63) is 21.4 Å². The van der Waals surface area contributed by atoms with Crippen LogP contribution in [0.3, 0.4) is 0 Å². The highest BCUT2D eigenvalue weighted by Crippen LogP contribution is 2.30. The molecule has 9 heteroatoms. The topological polar surface area (TPSA) is 73.1 Å². The third-order valence-corrected chi connectivity index (χ3v) is 3.40. The highest BCUT2D eigenvalue weighted by molar-refractivity contribution is 9.10. The lowest BCUT2D eigenvalue weighted by atomic mass is 10.4. The first-order valence-electron chi connectivity index (χ1n) is 3.40. The molecule has 0 atom stereocenters. The molecule has 0 saturated carbocycles. The van der Waals surface area contributed by atoms with Crippen molar-refractivity contribution in [3.8, 4) is 0 Å². The van der Waals surface area contributed by atoms with E-state index in [1.807, 2.05) is 0 Å². The van der Waals surface area contributed by atoms with Crippen LogP contribution < -0.4 is 5.14 Å². The fourth-order valence-corrected chi connectivity index (χ4v) is 2.49. The smallest absolute Gasteiger partial charge is 0.232 e. The number of alkyl halides is 2. The highest BCUT2D eigenvalue weighted by atomic mass is 79.9. The Kier molecular flexibility index (Phi) is 3.64. The summed E-state index contributed by atoms with van der Waals surface area (Å²) in [7, 11) is -4.07. The van der Waals surface area contributed by atoms with Crippen LogP contribution in [0.4, 0.5) is 8.78 Å². The molecular formula is C6H4BrClF2N2O2S. The van der Waals surface area contributed by atoms with Crippen LogP contribution in [0.1, 0.15) is 12.1 Å². The summed E-state index contributed by atoms with van der Waals surface area (Å²) in [4.78, 5) is 2.75. The zero-order valence-electron chi connectivity index (χ0n) is 6.92.